The molecule has 19 heavy (non-hydrogen) atoms. The summed E-state index contributed by atoms with van der Waals surface area (Å²) in [5, 5.41) is 15.2. The summed E-state index contributed by atoms with van der Waals surface area (Å²) in [6, 6.07) is 11.1. The van der Waals surface area contributed by atoms with Gasteiger partial charge in [-0.15, -0.1) is 0 Å². The van der Waals surface area contributed by atoms with Gasteiger partial charge in [-0.3, -0.25) is 10.1 Å². The molecular formula is C13H10N2O3S. The second-order valence-electron chi connectivity index (χ2n) is 3.97. The van der Waals surface area contributed by atoms with Crippen LogP contribution < -0.4 is 5.32 Å². The summed E-state index contributed by atoms with van der Waals surface area (Å²) < 4.78 is 6.11. The van der Waals surface area contributed by atoms with Gasteiger partial charge in [0.25, 0.3) is 0 Å². The number of nitro groups is 1. The highest BCUT2D eigenvalue weighted by atomic mass is 32.1. The Balaban J connectivity index is 2.00. The van der Waals surface area contributed by atoms with Crippen LogP contribution in [0, 0.1) is 10.1 Å². The lowest BCUT2D eigenvalue weighted by Gasteiger charge is -2.02. The van der Waals surface area contributed by atoms with Crippen LogP contribution in [0.1, 0.15) is 5.76 Å². The lowest BCUT2D eigenvalue weighted by Crippen LogP contribution is -1.99. The van der Waals surface area contributed by atoms with Crippen LogP contribution >= 0.6 is 11.3 Å². The van der Waals surface area contributed by atoms with E-state index < -0.39 is 0 Å². The summed E-state index contributed by atoms with van der Waals surface area (Å²) in [4.78, 5) is 10.8. The molecule has 0 radical (unpaired) electrons. The molecule has 3 rings (SSSR count). The molecule has 3 aromatic rings. The van der Waals surface area contributed by atoms with Crippen molar-refractivity contribution in [3.05, 3.63) is 58.5 Å². The molecule has 6 heteroatoms. The number of anilines is 1. The maximum Gasteiger partial charge on any atom is 0.348 e. The molecule has 5 nitrogen and oxygen atoms in total. The molecule has 0 aliphatic carbocycles. The van der Waals surface area contributed by atoms with Crippen LogP contribution in [0.15, 0.2) is 47.1 Å². The molecule has 2 aromatic heterocycles. The number of benzene rings is 1. The monoisotopic (exact) mass is 274 g/mol. The third-order valence-electron chi connectivity index (χ3n) is 2.76. The number of furan rings is 1. The SMILES string of the molecule is O=[N+]([O-])c1sc2ccccc2c1NCc1ccco1. The van der Waals surface area contributed by atoms with E-state index >= 15 is 0 Å². The topological polar surface area (TPSA) is 68.3 Å². The zero-order valence-electron chi connectivity index (χ0n) is 9.83. The minimum Gasteiger partial charge on any atom is -0.467 e. The largest absolute Gasteiger partial charge is 0.467 e. The van der Waals surface area contributed by atoms with E-state index in [0.29, 0.717) is 12.2 Å². The number of thiophene rings is 1. The fourth-order valence-electron chi connectivity index (χ4n) is 1.92. The first-order valence-electron chi connectivity index (χ1n) is 5.68. The Bertz CT molecular complexity index is 719. The van der Waals surface area contributed by atoms with Crippen molar-refractivity contribution in [2.24, 2.45) is 0 Å². The fraction of sp³-hybridized carbons (Fsp3) is 0.0769. The molecule has 1 N–H and O–H groups in total. The smallest absolute Gasteiger partial charge is 0.348 e. The highest BCUT2D eigenvalue weighted by Crippen LogP contribution is 2.41. The second-order valence-corrected chi connectivity index (χ2v) is 5.00. The zero-order valence-corrected chi connectivity index (χ0v) is 10.6. The summed E-state index contributed by atoms with van der Waals surface area (Å²) >= 11 is 1.18. The van der Waals surface area contributed by atoms with Gasteiger partial charge in [0.1, 0.15) is 11.4 Å². The molecule has 0 fully saturated rings. The molecule has 0 saturated heterocycles. The Morgan fingerprint density at radius 1 is 1.26 bits per heavy atom. The normalized spacial score (nSPS) is 10.7. The van der Waals surface area contributed by atoms with Gasteiger partial charge in [0.2, 0.25) is 0 Å². The van der Waals surface area contributed by atoms with Crippen LogP contribution in [-0.2, 0) is 6.54 Å². The van der Waals surface area contributed by atoms with E-state index in [0.717, 1.165) is 15.8 Å². The molecule has 1 aromatic carbocycles. The summed E-state index contributed by atoms with van der Waals surface area (Å²) in [5.74, 6) is 0.740. The van der Waals surface area contributed by atoms with E-state index in [4.69, 9.17) is 4.42 Å². The summed E-state index contributed by atoms with van der Waals surface area (Å²) in [6.07, 6.45) is 1.58. The zero-order chi connectivity index (χ0) is 13.2. The predicted molar refractivity (Wildman–Crippen MR) is 74.5 cm³/mol. The van der Waals surface area contributed by atoms with Crippen molar-refractivity contribution in [2.45, 2.75) is 6.54 Å². The highest BCUT2D eigenvalue weighted by molar-refractivity contribution is 7.23. The highest BCUT2D eigenvalue weighted by Gasteiger charge is 2.21. The van der Waals surface area contributed by atoms with Crippen molar-refractivity contribution in [2.75, 3.05) is 5.32 Å². The Kier molecular flexibility index (Phi) is 2.92. The average molecular weight is 274 g/mol. The number of hydrogen-bond acceptors (Lipinski definition) is 5. The number of nitrogens with one attached hydrogen (secondary N) is 1. The molecule has 0 saturated carbocycles. The van der Waals surface area contributed by atoms with Gasteiger partial charge in [0.15, 0.2) is 0 Å². The van der Waals surface area contributed by atoms with E-state index in [2.05, 4.69) is 5.32 Å². The van der Waals surface area contributed by atoms with Crippen molar-refractivity contribution in [3.8, 4) is 0 Å². The van der Waals surface area contributed by atoms with E-state index in [1.54, 1.807) is 12.3 Å². The summed E-state index contributed by atoms with van der Waals surface area (Å²) in [5.41, 5.74) is 0.557. The Morgan fingerprint density at radius 3 is 2.84 bits per heavy atom. The van der Waals surface area contributed by atoms with Gasteiger partial charge in [-0.1, -0.05) is 29.5 Å². The minimum atomic E-state index is -0.352. The molecule has 0 unspecified atom stereocenters. The van der Waals surface area contributed by atoms with Crippen molar-refractivity contribution in [1.29, 1.82) is 0 Å². The predicted octanol–water partition coefficient (Wildman–Crippen LogP) is 4.01. The fourth-order valence-corrected chi connectivity index (χ4v) is 2.91. The third kappa shape index (κ3) is 2.17. The number of fused-ring (bicyclic) bond motifs is 1. The first-order valence-corrected chi connectivity index (χ1v) is 6.49. The van der Waals surface area contributed by atoms with Crippen LogP contribution in [0.25, 0.3) is 10.1 Å². The van der Waals surface area contributed by atoms with Crippen molar-refractivity contribution in [1.82, 2.24) is 0 Å². The molecular weight excluding hydrogens is 264 g/mol. The molecule has 96 valence electrons. The van der Waals surface area contributed by atoms with Crippen LogP contribution in [0.2, 0.25) is 0 Å². The molecule has 0 aliphatic heterocycles. The van der Waals surface area contributed by atoms with Gasteiger partial charge in [-0.05, 0) is 18.2 Å². The van der Waals surface area contributed by atoms with Gasteiger partial charge in [0, 0.05) is 10.1 Å². The van der Waals surface area contributed by atoms with Crippen molar-refractivity contribution < 1.29 is 9.34 Å². The van der Waals surface area contributed by atoms with Crippen LogP contribution in [0.5, 0.6) is 0 Å². The van der Waals surface area contributed by atoms with E-state index in [1.807, 2.05) is 30.3 Å². The van der Waals surface area contributed by atoms with Gasteiger partial charge in [-0.25, -0.2) is 0 Å². The van der Waals surface area contributed by atoms with Gasteiger partial charge in [0.05, 0.1) is 17.7 Å². The summed E-state index contributed by atoms with van der Waals surface area (Å²) in [7, 11) is 0. The molecule has 0 spiro atoms. The molecule has 0 amide bonds. The van der Waals surface area contributed by atoms with E-state index in [-0.39, 0.29) is 9.92 Å². The van der Waals surface area contributed by atoms with Gasteiger partial charge >= 0.3 is 5.00 Å². The molecule has 2 heterocycles. The number of hydrogen-bond donors (Lipinski definition) is 1. The van der Waals surface area contributed by atoms with Crippen molar-refractivity contribution >= 4 is 32.1 Å². The Labute approximate surface area is 112 Å². The summed E-state index contributed by atoms with van der Waals surface area (Å²) in [6.45, 7) is 0.425. The van der Waals surface area contributed by atoms with E-state index in [1.165, 1.54) is 11.3 Å². The molecule has 0 aliphatic rings. The first-order chi connectivity index (χ1) is 9.25. The third-order valence-corrected chi connectivity index (χ3v) is 3.88. The van der Waals surface area contributed by atoms with Gasteiger partial charge < -0.3 is 9.73 Å². The lowest BCUT2D eigenvalue weighted by atomic mass is 10.2. The Morgan fingerprint density at radius 2 is 2.11 bits per heavy atom. The van der Waals surface area contributed by atoms with Crippen molar-refractivity contribution in [3.63, 3.8) is 0 Å². The standard InChI is InChI=1S/C13H10N2O3S/c16-15(17)13-12(14-8-9-4-3-7-18-9)10-5-1-2-6-11(10)19-13/h1-7,14H,8H2. The van der Waals surface area contributed by atoms with Crippen LogP contribution in [0.3, 0.4) is 0 Å². The van der Waals surface area contributed by atoms with E-state index in [9.17, 15) is 10.1 Å². The number of rotatable bonds is 4. The Hall–Kier alpha value is -2.34. The second kappa shape index (κ2) is 4.74. The molecule has 0 bridgehead atoms. The number of nitrogens with zero attached hydrogens (tertiary/aromatic N) is 1. The maximum absolute atomic E-state index is 11.1. The lowest BCUT2D eigenvalue weighted by molar-refractivity contribution is -0.379. The maximum atomic E-state index is 11.1. The average Bonchev–Trinajstić information content (AvgIpc) is 3.03. The quantitative estimate of drug-likeness (QED) is 0.576. The molecule has 0 atom stereocenters. The van der Waals surface area contributed by atoms with Crippen LogP contribution in [0.4, 0.5) is 10.7 Å². The van der Waals surface area contributed by atoms with Crippen LogP contribution in [-0.4, -0.2) is 4.92 Å². The van der Waals surface area contributed by atoms with Gasteiger partial charge in [-0.2, -0.15) is 0 Å². The minimum absolute atomic E-state index is 0.132. The first kappa shape index (κ1) is 11.7.